The molecule has 0 saturated heterocycles. The quantitative estimate of drug-likeness (QED) is 0.863. The van der Waals surface area contributed by atoms with E-state index in [0.29, 0.717) is 0 Å². The van der Waals surface area contributed by atoms with Crippen LogP contribution in [0, 0.1) is 13.8 Å². The number of imidazole rings is 1. The summed E-state index contributed by atoms with van der Waals surface area (Å²) in [6.07, 6.45) is 2.07. The Morgan fingerprint density at radius 3 is 2.80 bits per heavy atom. The molecule has 2 aromatic heterocycles. The zero-order chi connectivity index (χ0) is 10.8. The third-order valence-corrected chi connectivity index (χ3v) is 3.23. The lowest BCUT2D eigenvalue weighted by atomic mass is 10.4. The van der Waals surface area contributed by atoms with Gasteiger partial charge in [0.05, 0.1) is 12.2 Å². The summed E-state index contributed by atoms with van der Waals surface area (Å²) in [4.78, 5) is 7.11. The Hall–Kier alpha value is -1.29. The summed E-state index contributed by atoms with van der Waals surface area (Å²) in [5.41, 5.74) is 1.05. The Morgan fingerprint density at radius 1 is 1.40 bits per heavy atom. The molecule has 4 heteroatoms. The van der Waals surface area contributed by atoms with Crippen LogP contribution in [0.25, 0.3) is 0 Å². The number of aryl methyl sites for hydroxylation is 2. The van der Waals surface area contributed by atoms with Crippen LogP contribution in [0.4, 0.5) is 5.95 Å². The molecular weight excluding hydrogens is 206 g/mol. The van der Waals surface area contributed by atoms with Crippen LogP contribution in [0.2, 0.25) is 0 Å². The molecule has 2 aromatic rings. The van der Waals surface area contributed by atoms with Crippen molar-refractivity contribution in [1.29, 1.82) is 0 Å². The summed E-state index contributed by atoms with van der Waals surface area (Å²) in [5.74, 6) is 0.929. The number of anilines is 1. The van der Waals surface area contributed by atoms with Gasteiger partial charge in [0, 0.05) is 23.0 Å². The molecule has 0 amide bonds. The fourth-order valence-electron chi connectivity index (χ4n) is 1.60. The minimum atomic E-state index is 0.898. The first kappa shape index (κ1) is 10.2. The summed E-state index contributed by atoms with van der Waals surface area (Å²) >= 11 is 1.83. The second-order valence-electron chi connectivity index (χ2n) is 3.60. The lowest BCUT2D eigenvalue weighted by Crippen LogP contribution is -2.02. The fourth-order valence-corrected chi connectivity index (χ4v) is 2.49. The van der Waals surface area contributed by atoms with Crippen molar-refractivity contribution in [2.45, 2.75) is 20.4 Å². The molecule has 0 fully saturated rings. The van der Waals surface area contributed by atoms with E-state index in [-0.39, 0.29) is 0 Å². The molecule has 1 N–H and O–H groups in total. The van der Waals surface area contributed by atoms with E-state index in [1.807, 2.05) is 25.3 Å². The molecule has 15 heavy (non-hydrogen) atoms. The maximum Gasteiger partial charge on any atom is 0.203 e. The monoisotopic (exact) mass is 221 g/mol. The Bertz CT molecular complexity index is 456. The van der Waals surface area contributed by atoms with Crippen molar-refractivity contribution < 1.29 is 0 Å². The Balaban J connectivity index is 2.23. The van der Waals surface area contributed by atoms with Gasteiger partial charge >= 0.3 is 0 Å². The van der Waals surface area contributed by atoms with Crippen LogP contribution in [-0.4, -0.2) is 16.6 Å². The lowest BCUT2D eigenvalue weighted by Gasteiger charge is -2.04. The lowest BCUT2D eigenvalue weighted by molar-refractivity contribution is 0.817. The molecule has 2 rings (SSSR count). The van der Waals surface area contributed by atoms with E-state index in [9.17, 15) is 0 Å². The van der Waals surface area contributed by atoms with Crippen molar-refractivity contribution in [3.63, 3.8) is 0 Å². The van der Waals surface area contributed by atoms with Gasteiger partial charge in [-0.1, -0.05) is 0 Å². The maximum atomic E-state index is 4.39. The maximum absolute atomic E-state index is 4.39. The first-order chi connectivity index (χ1) is 7.19. The van der Waals surface area contributed by atoms with Crippen LogP contribution >= 0.6 is 11.3 Å². The number of aromatic nitrogens is 2. The zero-order valence-corrected chi connectivity index (χ0v) is 10.1. The number of hydrogen-bond donors (Lipinski definition) is 1. The summed E-state index contributed by atoms with van der Waals surface area (Å²) in [6.45, 7) is 5.04. The molecule has 3 nitrogen and oxygen atoms in total. The molecule has 2 heterocycles. The van der Waals surface area contributed by atoms with Crippen LogP contribution in [0.3, 0.4) is 0 Å². The number of hydrogen-bond acceptors (Lipinski definition) is 3. The molecule has 0 bridgehead atoms. The van der Waals surface area contributed by atoms with Crippen LogP contribution < -0.4 is 5.32 Å². The van der Waals surface area contributed by atoms with Gasteiger partial charge in [0.15, 0.2) is 0 Å². The molecular formula is C11H15N3S. The molecule has 0 spiro atoms. The van der Waals surface area contributed by atoms with E-state index < -0.39 is 0 Å². The molecule has 0 aromatic carbocycles. The average molecular weight is 221 g/mol. The number of nitrogens with one attached hydrogen (secondary N) is 1. The summed E-state index contributed by atoms with van der Waals surface area (Å²) in [6, 6.07) is 4.33. The third kappa shape index (κ3) is 2.21. The van der Waals surface area contributed by atoms with E-state index in [4.69, 9.17) is 0 Å². The predicted octanol–water partition coefficient (Wildman–Crippen LogP) is 2.65. The van der Waals surface area contributed by atoms with Crippen molar-refractivity contribution in [2.75, 3.05) is 12.4 Å². The van der Waals surface area contributed by atoms with E-state index in [0.717, 1.165) is 18.2 Å². The van der Waals surface area contributed by atoms with Gasteiger partial charge in [-0.2, -0.15) is 0 Å². The van der Waals surface area contributed by atoms with E-state index >= 15 is 0 Å². The van der Waals surface area contributed by atoms with E-state index in [1.165, 1.54) is 9.75 Å². The third-order valence-electron chi connectivity index (χ3n) is 2.24. The predicted molar refractivity (Wildman–Crippen MR) is 64.7 cm³/mol. The van der Waals surface area contributed by atoms with Gasteiger partial charge in [-0.3, -0.25) is 0 Å². The Labute approximate surface area is 93.8 Å². The molecule has 0 radical (unpaired) electrons. The van der Waals surface area contributed by atoms with Gasteiger partial charge in [-0.15, -0.1) is 11.3 Å². The van der Waals surface area contributed by atoms with Gasteiger partial charge in [0.1, 0.15) is 0 Å². The number of nitrogens with zero attached hydrogens (tertiary/aromatic N) is 2. The van der Waals surface area contributed by atoms with Crippen molar-refractivity contribution in [3.8, 4) is 0 Å². The van der Waals surface area contributed by atoms with Crippen molar-refractivity contribution in [3.05, 3.63) is 33.8 Å². The zero-order valence-electron chi connectivity index (χ0n) is 9.24. The normalized spacial score (nSPS) is 10.6. The molecule has 0 aliphatic rings. The fraction of sp³-hybridized carbons (Fsp3) is 0.364. The molecule has 0 unspecified atom stereocenters. The smallest absolute Gasteiger partial charge is 0.203 e. The van der Waals surface area contributed by atoms with Crippen LogP contribution in [-0.2, 0) is 6.54 Å². The highest BCUT2D eigenvalue weighted by Crippen LogP contribution is 2.18. The average Bonchev–Trinajstić information content (AvgIpc) is 2.73. The van der Waals surface area contributed by atoms with Crippen LogP contribution in [0.5, 0.6) is 0 Å². The van der Waals surface area contributed by atoms with Crippen molar-refractivity contribution in [1.82, 2.24) is 9.55 Å². The number of rotatable bonds is 3. The second kappa shape index (κ2) is 4.06. The highest BCUT2D eigenvalue weighted by molar-refractivity contribution is 7.11. The Morgan fingerprint density at radius 2 is 2.20 bits per heavy atom. The Kier molecular flexibility index (Phi) is 2.77. The van der Waals surface area contributed by atoms with Gasteiger partial charge in [-0.25, -0.2) is 4.98 Å². The molecule has 0 aliphatic heterocycles. The van der Waals surface area contributed by atoms with Gasteiger partial charge in [-0.05, 0) is 26.0 Å². The van der Waals surface area contributed by atoms with E-state index in [2.05, 4.69) is 40.1 Å². The SMILES string of the molecule is CNc1nc(C)cn1Cc1ccc(C)s1. The topological polar surface area (TPSA) is 29.9 Å². The second-order valence-corrected chi connectivity index (χ2v) is 4.97. The van der Waals surface area contributed by atoms with E-state index in [1.54, 1.807) is 0 Å². The van der Waals surface area contributed by atoms with Gasteiger partial charge in [0.25, 0.3) is 0 Å². The van der Waals surface area contributed by atoms with Crippen LogP contribution in [0.1, 0.15) is 15.4 Å². The van der Waals surface area contributed by atoms with Gasteiger partial charge < -0.3 is 9.88 Å². The van der Waals surface area contributed by atoms with Crippen LogP contribution in [0.15, 0.2) is 18.3 Å². The minimum Gasteiger partial charge on any atom is -0.359 e. The first-order valence-corrected chi connectivity index (χ1v) is 5.77. The summed E-state index contributed by atoms with van der Waals surface area (Å²) < 4.78 is 2.14. The molecule has 0 aliphatic carbocycles. The molecule has 0 saturated carbocycles. The highest BCUT2D eigenvalue weighted by atomic mass is 32.1. The first-order valence-electron chi connectivity index (χ1n) is 4.96. The van der Waals surface area contributed by atoms with Crippen molar-refractivity contribution in [2.24, 2.45) is 0 Å². The summed E-state index contributed by atoms with van der Waals surface area (Å²) in [5, 5.41) is 3.10. The molecule has 0 atom stereocenters. The minimum absolute atomic E-state index is 0.898. The van der Waals surface area contributed by atoms with Gasteiger partial charge in [0.2, 0.25) is 5.95 Å². The molecule has 80 valence electrons. The van der Waals surface area contributed by atoms with Crippen molar-refractivity contribution >= 4 is 17.3 Å². The standard InChI is InChI=1S/C11H15N3S/c1-8-6-14(11(12-3)13-8)7-10-5-4-9(2)15-10/h4-6H,7H2,1-3H3,(H,12,13). The highest BCUT2D eigenvalue weighted by Gasteiger charge is 2.05. The summed E-state index contributed by atoms with van der Waals surface area (Å²) in [7, 11) is 1.90. The largest absolute Gasteiger partial charge is 0.359 e. The number of thiophene rings is 1.